The summed E-state index contributed by atoms with van der Waals surface area (Å²) in [4.78, 5) is 0. The van der Waals surface area contributed by atoms with E-state index in [1.165, 1.54) is 12.8 Å². The molecule has 0 bridgehead atoms. The summed E-state index contributed by atoms with van der Waals surface area (Å²) in [6, 6.07) is 1.02. The van der Waals surface area contributed by atoms with Crippen LogP contribution in [0.1, 0.15) is 53.4 Å². The van der Waals surface area contributed by atoms with E-state index in [2.05, 4.69) is 33.0 Å². The minimum atomic E-state index is 0.388. The molecule has 2 heteroatoms. The van der Waals surface area contributed by atoms with E-state index in [0.29, 0.717) is 12.1 Å². The molecule has 14 heavy (non-hydrogen) atoms. The Morgan fingerprint density at radius 1 is 1.14 bits per heavy atom. The summed E-state index contributed by atoms with van der Waals surface area (Å²) in [6.07, 6.45) is 4.71. The van der Waals surface area contributed by atoms with Gasteiger partial charge in [-0.3, -0.25) is 0 Å². The van der Waals surface area contributed by atoms with Gasteiger partial charge in [-0.25, -0.2) is 0 Å². The summed E-state index contributed by atoms with van der Waals surface area (Å²) in [6.45, 7) is 10.0. The topological polar surface area (TPSA) is 38.0 Å². The molecule has 0 radical (unpaired) electrons. The first-order valence-electron chi connectivity index (χ1n) is 6.05. The molecule has 2 unspecified atom stereocenters. The van der Waals surface area contributed by atoms with Crippen molar-refractivity contribution in [1.29, 1.82) is 0 Å². The molecule has 0 rings (SSSR count). The summed E-state index contributed by atoms with van der Waals surface area (Å²) in [7, 11) is 0. The van der Waals surface area contributed by atoms with Gasteiger partial charge in [0.1, 0.15) is 0 Å². The van der Waals surface area contributed by atoms with E-state index in [1.54, 1.807) is 0 Å². The first kappa shape index (κ1) is 13.9. The summed E-state index contributed by atoms with van der Waals surface area (Å²) in [5.41, 5.74) is 5.93. The number of hydrogen-bond donors (Lipinski definition) is 2. The number of nitrogens with two attached hydrogens (primary N) is 1. The molecule has 2 atom stereocenters. The lowest BCUT2D eigenvalue weighted by Crippen LogP contribution is -2.32. The van der Waals surface area contributed by atoms with Crippen molar-refractivity contribution >= 4 is 0 Å². The fraction of sp³-hybridized carbons (Fsp3) is 1.00. The molecule has 0 aliphatic carbocycles. The normalized spacial score (nSPS) is 15.9. The molecule has 0 fully saturated rings. The van der Waals surface area contributed by atoms with E-state index in [4.69, 9.17) is 5.73 Å². The molecule has 0 aromatic carbocycles. The first-order valence-corrected chi connectivity index (χ1v) is 6.05. The molecule has 0 aromatic heterocycles. The van der Waals surface area contributed by atoms with Gasteiger partial charge >= 0.3 is 0 Å². The van der Waals surface area contributed by atoms with Crippen LogP contribution in [0, 0.1) is 5.92 Å². The van der Waals surface area contributed by atoms with E-state index >= 15 is 0 Å². The summed E-state index contributed by atoms with van der Waals surface area (Å²) >= 11 is 0. The zero-order chi connectivity index (χ0) is 11.0. The van der Waals surface area contributed by atoms with Crippen LogP contribution in [0.15, 0.2) is 0 Å². The lowest BCUT2D eigenvalue weighted by atomic mass is 10.0. The van der Waals surface area contributed by atoms with Crippen LogP contribution in [-0.4, -0.2) is 18.6 Å². The molecule has 0 amide bonds. The van der Waals surface area contributed by atoms with Crippen molar-refractivity contribution in [2.75, 3.05) is 6.54 Å². The Bertz CT molecular complexity index is 123. The Labute approximate surface area is 89.6 Å². The average Bonchev–Trinajstić information content (AvgIpc) is 2.02. The molecular formula is C12H28N2. The summed E-state index contributed by atoms with van der Waals surface area (Å²) < 4.78 is 0. The van der Waals surface area contributed by atoms with Crippen LogP contribution in [0.25, 0.3) is 0 Å². The zero-order valence-electron chi connectivity index (χ0n) is 10.3. The second kappa shape index (κ2) is 8.25. The van der Waals surface area contributed by atoms with Gasteiger partial charge < -0.3 is 11.1 Å². The van der Waals surface area contributed by atoms with Crippen LogP contribution < -0.4 is 11.1 Å². The lowest BCUT2D eigenvalue weighted by molar-refractivity contribution is 0.425. The van der Waals surface area contributed by atoms with Crippen molar-refractivity contribution in [3.8, 4) is 0 Å². The van der Waals surface area contributed by atoms with Gasteiger partial charge in [-0.2, -0.15) is 0 Å². The van der Waals surface area contributed by atoms with Gasteiger partial charge in [0.2, 0.25) is 0 Å². The minimum Gasteiger partial charge on any atom is -0.328 e. The lowest BCUT2D eigenvalue weighted by Gasteiger charge is -2.17. The van der Waals surface area contributed by atoms with Crippen molar-refractivity contribution < 1.29 is 0 Å². The van der Waals surface area contributed by atoms with Gasteiger partial charge in [0, 0.05) is 12.1 Å². The van der Waals surface area contributed by atoms with Crippen LogP contribution in [-0.2, 0) is 0 Å². The van der Waals surface area contributed by atoms with Gasteiger partial charge in [0.05, 0.1) is 0 Å². The maximum atomic E-state index is 5.93. The van der Waals surface area contributed by atoms with Crippen molar-refractivity contribution in [2.24, 2.45) is 11.7 Å². The van der Waals surface area contributed by atoms with Crippen LogP contribution in [0.2, 0.25) is 0 Å². The Hall–Kier alpha value is -0.0800. The number of nitrogens with one attached hydrogen (secondary N) is 1. The highest BCUT2D eigenvalue weighted by molar-refractivity contribution is 4.66. The molecule has 2 nitrogen and oxygen atoms in total. The Balaban J connectivity index is 3.34. The fourth-order valence-corrected chi connectivity index (χ4v) is 1.82. The van der Waals surface area contributed by atoms with Crippen molar-refractivity contribution in [3.05, 3.63) is 0 Å². The quantitative estimate of drug-likeness (QED) is 0.632. The van der Waals surface area contributed by atoms with Crippen LogP contribution in [0.3, 0.4) is 0 Å². The maximum absolute atomic E-state index is 5.93. The molecule has 0 heterocycles. The fourth-order valence-electron chi connectivity index (χ4n) is 1.82. The largest absolute Gasteiger partial charge is 0.328 e. The Kier molecular flexibility index (Phi) is 8.20. The second-order valence-electron chi connectivity index (χ2n) is 4.82. The van der Waals surface area contributed by atoms with E-state index < -0.39 is 0 Å². The standard InChI is InChI=1S/C12H28N2/c1-5-6-12(13)7-8-14-11(4)9-10(2)3/h10-12,14H,5-9,13H2,1-4H3. The van der Waals surface area contributed by atoms with Crippen molar-refractivity contribution in [3.63, 3.8) is 0 Å². The smallest absolute Gasteiger partial charge is 0.00508 e. The van der Waals surface area contributed by atoms with Crippen molar-refractivity contribution in [2.45, 2.75) is 65.5 Å². The van der Waals surface area contributed by atoms with E-state index in [-0.39, 0.29) is 0 Å². The van der Waals surface area contributed by atoms with E-state index in [0.717, 1.165) is 25.3 Å². The molecule has 3 N–H and O–H groups in total. The maximum Gasteiger partial charge on any atom is 0.00508 e. The number of rotatable bonds is 8. The molecule has 0 saturated heterocycles. The Morgan fingerprint density at radius 3 is 2.29 bits per heavy atom. The highest BCUT2D eigenvalue weighted by Gasteiger charge is 2.05. The van der Waals surface area contributed by atoms with E-state index in [9.17, 15) is 0 Å². The molecule has 0 saturated carbocycles. The zero-order valence-corrected chi connectivity index (χ0v) is 10.3. The van der Waals surface area contributed by atoms with Gasteiger partial charge in [-0.05, 0) is 38.6 Å². The summed E-state index contributed by atoms with van der Waals surface area (Å²) in [5.74, 6) is 0.779. The SMILES string of the molecule is CCCC(N)CCNC(C)CC(C)C. The van der Waals surface area contributed by atoms with Gasteiger partial charge in [-0.15, -0.1) is 0 Å². The predicted molar refractivity (Wildman–Crippen MR) is 64.4 cm³/mol. The average molecular weight is 200 g/mol. The van der Waals surface area contributed by atoms with Crippen molar-refractivity contribution in [1.82, 2.24) is 5.32 Å². The molecule has 0 spiro atoms. The predicted octanol–water partition coefficient (Wildman–Crippen LogP) is 2.53. The van der Waals surface area contributed by atoms with Crippen LogP contribution in [0.4, 0.5) is 0 Å². The first-order chi connectivity index (χ1) is 6.56. The van der Waals surface area contributed by atoms with Gasteiger partial charge in [-0.1, -0.05) is 27.2 Å². The third-order valence-corrected chi connectivity index (χ3v) is 2.49. The third kappa shape index (κ3) is 8.52. The molecule has 0 aromatic rings. The van der Waals surface area contributed by atoms with Crippen LogP contribution >= 0.6 is 0 Å². The van der Waals surface area contributed by atoms with E-state index in [1.807, 2.05) is 0 Å². The van der Waals surface area contributed by atoms with Gasteiger partial charge in [0.15, 0.2) is 0 Å². The number of hydrogen-bond acceptors (Lipinski definition) is 2. The Morgan fingerprint density at radius 2 is 1.79 bits per heavy atom. The third-order valence-electron chi connectivity index (χ3n) is 2.49. The molecule has 0 aliphatic rings. The van der Waals surface area contributed by atoms with Crippen LogP contribution in [0.5, 0.6) is 0 Å². The summed E-state index contributed by atoms with van der Waals surface area (Å²) in [5, 5.41) is 3.52. The van der Waals surface area contributed by atoms with Gasteiger partial charge in [0.25, 0.3) is 0 Å². The molecule has 0 aliphatic heterocycles. The monoisotopic (exact) mass is 200 g/mol. The molecular weight excluding hydrogens is 172 g/mol. The minimum absolute atomic E-state index is 0.388. The second-order valence-corrected chi connectivity index (χ2v) is 4.82. The highest BCUT2D eigenvalue weighted by Crippen LogP contribution is 2.04. The highest BCUT2D eigenvalue weighted by atomic mass is 14.9. The molecule has 86 valence electrons.